The molecule has 0 saturated carbocycles. The molecule has 5 heteroatoms. The Kier molecular flexibility index (Phi) is 4.97. The average Bonchev–Trinajstić information content (AvgIpc) is 2.28. The molecule has 1 aliphatic rings. The molecular weight excluding hydrogens is 353 g/mol. The topological polar surface area (TPSA) is 12.5 Å². The van der Waals surface area contributed by atoms with Gasteiger partial charge in [-0.25, -0.2) is 4.39 Å². The van der Waals surface area contributed by atoms with Gasteiger partial charge in [0.1, 0.15) is 5.82 Å². The van der Waals surface area contributed by atoms with Crippen molar-refractivity contribution in [3.63, 3.8) is 0 Å². The molecule has 1 aliphatic heterocycles. The lowest BCUT2D eigenvalue weighted by atomic mass is 10.2. The molecule has 94 valence electrons. The highest BCUT2D eigenvalue weighted by Crippen LogP contribution is 2.18. The van der Waals surface area contributed by atoms with Crippen LogP contribution in [0.4, 0.5) is 4.39 Å². The molecule has 1 atom stereocenters. The molecule has 1 saturated heterocycles. The molecule has 0 bridgehead atoms. The van der Waals surface area contributed by atoms with Crippen LogP contribution in [0.3, 0.4) is 0 Å². The highest BCUT2D eigenvalue weighted by molar-refractivity contribution is 9.10. The molecule has 1 fully saturated rings. The number of hydrogen-bond acceptors (Lipinski definition) is 2. The second kappa shape index (κ2) is 6.27. The smallest absolute Gasteiger partial charge is 0.124 e. The molecule has 17 heavy (non-hydrogen) atoms. The summed E-state index contributed by atoms with van der Waals surface area (Å²) >= 11 is 6.74. The molecule has 2 rings (SSSR count). The lowest BCUT2D eigenvalue weighted by Crippen LogP contribution is -2.42. The Morgan fingerprint density at radius 3 is 2.94 bits per heavy atom. The van der Waals surface area contributed by atoms with Crippen LogP contribution in [0.25, 0.3) is 0 Å². The first-order valence-corrected chi connectivity index (χ1v) is 7.43. The van der Waals surface area contributed by atoms with Gasteiger partial charge in [0.15, 0.2) is 0 Å². The second-order valence-electron chi connectivity index (χ2n) is 4.16. The molecule has 2 nitrogen and oxygen atoms in total. The zero-order chi connectivity index (χ0) is 12.3. The van der Waals surface area contributed by atoms with Gasteiger partial charge >= 0.3 is 0 Å². The molecule has 0 radical (unpaired) electrons. The molecule has 1 heterocycles. The SMILES string of the molecule is Fc1cc(Br)cc(CN2CCOC(CBr)C2)c1. The van der Waals surface area contributed by atoms with Gasteiger partial charge in [0, 0.05) is 29.4 Å². The molecule has 0 N–H and O–H groups in total. The summed E-state index contributed by atoms with van der Waals surface area (Å²) in [6.45, 7) is 3.30. The van der Waals surface area contributed by atoms with Gasteiger partial charge in [-0.2, -0.15) is 0 Å². The number of halogens is 3. The van der Waals surface area contributed by atoms with E-state index in [1.165, 1.54) is 6.07 Å². The minimum Gasteiger partial charge on any atom is -0.375 e. The summed E-state index contributed by atoms with van der Waals surface area (Å²) in [5, 5.41) is 0.844. The molecule has 0 aromatic heterocycles. The number of benzene rings is 1. The van der Waals surface area contributed by atoms with E-state index >= 15 is 0 Å². The van der Waals surface area contributed by atoms with E-state index < -0.39 is 0 Å². The maximum Gasteiger partial charge on any atom is 0.124 e. The third kappa shape index (κ3) is 4.02. The average molecular weight is 367 g/mol. The quantitative estimate of drug-likeness (QED) is 0.762. The first-order valence-electron chi connectivity index (χ1n) is 5.52. The first-order chi connectivity index (χ1) is 8.17. The molecule has 0 spiro atoms. The molecule has 0 aliphatic carbocycles. The van der Waals surface area contributed by atoms with Crippen molar-refractivity contribution in [1.82, 2.24) is 4.90 Å². The van der Waals surface area contributed by atoms with Gasteiger partial charge in [-0.3, -0.25) is 4.90 Å². The normalized spacial score (nSPS) is 21.7. The van der Waals surface area contributed by atoms with Crippen LogP contribution in [-0.2, 0) is 11.3 Å². The zero-order valence-corrected chi connectivity index (χ0v) is 12.5. The van der Waals surface area contributed by atoms with E-state index in [1.54, 1.807) is 6.07 Å². The van der Waals surface area contributed by atoms with Crippen LogP contribution in [0.2, 0.25) is 0 Å². The van der Waals surface area contributed by atoms with E-state index in [9.17, 15) is 4.39 Å². The summed E-state index contributed by atoms with van der Waals surface area (Å²) in [6, 6.07) is 5.02. The summed E-state index contributed by atoms with van der Waals surface area (Å²) in [7, 11) is 0. The fraction of sp³-hybridized carbons (Fsp3) is 0.500. The van der Waals surface area contributed by atoms with E-state index in [4.69, 9.17) is 4.74 Å². The van der Waals surface area contributed by atoms with E-state index in [2.05, 4.69) is 36.8 Å². The molecule has 1 aromatic rings. The van der Waals surface area contributed by atoms with E-state index in [1.807, 2.05) is 6.07 Å². The van der Waals surface area contributed by atoms with Crippen LogP contribution in [0.1, 0.15) is 5.56 Å². The van der Waals surface area contributed by atoms with Gasteiger partial charge in [0.25, 0.3) is 0 Å². The number of morpholine rings is 1. The van der Waals surface area contributed by atoms with E-state index in [0.717, 1.165) is 41.6 Å². The van der Waals surface area contributed by atoms with Crippen molar-refractivity contribution in [3.8, 4) is 0 Å². The highest BCUT2D eigenvalue weighted by Gasteiger charge is 2.19. The van der Waals surface area contributed by atoms with Crippen LogP contribution in [0.5, 0.6) is 0 Å². The Balaban J connectivity index is 2.00. The lowest BCUT2D eigenvalue weighted by molar-refractivity contribution is -0.0181. The van der Waals surface area contributed by atoms with Crippen LogP contribution in [-0.4, -0.2) is 36.0 Å². The van der Waals surface area contributed by atoms with Crippen molar-refractivity contribution in [2.75, 3.05) is 25.0 Å². The summed E-state index contributed by atoms with van der Waals surface area (Å²) in [5.74, 6) is -0.195. The van der Waals surface area contributed by atoms with Crippen molar-refractivity contribution in [2.45, 2.75) is 12.6 Å². The monoisotopic (exact) mass is 365 g/mol. The van der Waals surface area contributed by atoms with Gasteiger partial charge in [0.2, 0.25) is 0 Å². The molecular formula is C12H14Br2FNO. The van der Waals surface area contributed by atoms with Crippen molar-refractivity contribution >= 4 is 31.9 Å². The third-order valence-corrected chi connectivity index (χ3v) is 3.90. The molecule has 1 aromatic carbocycles. The number of hydrogen-bond donors (Lipinski definition) is 0. The third-order valence-electron chi connectivity index (χ3n) is 2.72. The van der Waals surface area contributed by atoms with Gasteiger partial charge in [-0.15, -0.1) is 0 Å². The minimum absolute atomic E-state index is 0.195. The zero-order valence-electron chi connectivity index (χ0n) is 9.33. The number of ether oxygens (including phenoxy) is 1. The fourth-order valence-electron chi connectivity index (χ4n) is 1.98. The first kappa shape index (κ1) is 13.5. The Morgan fingerprint density at radius 1 is 1.41 bits per heavy atom. The summed E-state index contributed by atoms with van der Waals surface area (Å²) < 4.78 is 19.6. The summed E-state index contributed by atoms with van der Waals surface area (Å²) in [5.41, 5.74) is 0.993. The molecule has 0 amide bonds. The molecule has 1 unspecified atom stereocenters. The van der Waals surface area contributed by atoms with Gasteiger partial charge in [0.05, 0.1) is 12.7 Å². The lowest BCUT2D eigenvalue weighted by Gasteiger charge is -2.32. The van der Waals surface area contributed by atoms with Gasteiger partial charge in [-0.1, -0.05) is 31.9 Å². The predicted octanol–water partition coefficient (Wildman–Crippen LogP) is 3.18. The van der Waals surface area contributed by atoms with Gasteiger partial charge in [-0.05, 0) is 23.8 Å². The maximum atomic E-state index is 13.2. The van der Waals surface area contributed by atoms with Crippen LogP contribution in [0.15, 0.2) is 22.7 Å². The van der Waals surface area contributed by atoms with Crippen LogP contribution in [0, 0.1) is 5.82 Å². The Hall–Kier alpha value is 0.0300. The van der Waals surface area contributed by atoms with Crippen molar-refractivity contribution in [1.29, 1.82) is 0 Å². The van der Waals surface area contributed by atoms with E-state index in [-0.39, 0.29) is 11.9 Å². The number of alkyl halides is 1. The van der Waals surface area contributed by atoms with Crippen molar-refractivity contribution in [2.24, 2.45) is 0 Å². The summed E-state index contributed by atoms with van der Waals surface area (Å²) in [4.78, 5) is 2.29. The van der Waals surface area contributed by atoms with Crippen LogP contribution >= 0.6 is 31.9 Å². The van der Waals surface area contributed by atoms with Gasteiger partial charge < -0.3 is 4.74 Å². The largest absolute Gasteiger partial charge is 0.375 e. The minimum atomic E-state index is -0.195. The number of rotatable bonds is 3. The van der Waals surface area contributed by atoms with Crippen molar-refractivity contribution in [3.05, 3.63) is 34.1 Å². The highest BCUT2D eigenvalue weighted by atomic mass is 79.9. The Bertz CT molecular complexity index is 369. The maximum absolute atomic E-state index is 13.2. The summed E-state index contributed by atoms with van der Waals surface area (Å²) in [6.07, 6.45) is 0.237. The number of nitrogens with zero attached hydrogens (tertiary/aromatic N) is 1. The predicted molar refractivity (Wildman–Crippen MR) is 72.9 cm³/mol. The standard InChI is InChI=1S/C12H14Br2FNO/c13-6-12-8-16(1-2-17-12)7-9-3-10(14)5-11(15)4-9/h3-5,12H,1-2,6-8H2. The van der Waals surface area contributed by atoms with Crippen LogP contribution < -0.4 is 0 Å². The second-order valence-corrected chi connectivity index (χ2v) is 5.72. The van der Waals surface area contributed by atoms with E-state index in [0.29, 0.717) is 0 Å². The fourth-order valence-corrected chi connectivity index (χ4v) is 2.88. The Labute approximate surface area is 117 Å². The van der Waals surface area contributed by atoms with Crippen molar-refractivity contribution < 1.29 is 9.13 Å². The Morgan fingerprint density at radius 2 is 2.24 bits per heavy atom.